The average molecular weight is 326 g/mol. The topological polar surface area (TPSA) is 46.3 Å². The van der Waals surface area contributed by atoms with Gasteiger partial charge in [-0.05, 0) is 42.7 Å². The van der Waals surface area contributed by atoms with Gasteiger partial charge in [0, 0.05) is 19.1 Å². The fourth-order valence-corrected chi connectivity index (χ4v) is 4.36. The summed E-state index contributed by atoms with van der Waals surface area (Å²) in [5.41, 5.74) is 9.87. The van der Waals surface area contributed by atoms with Crippen molar-refractivity contribution in [1.29, 1.82) is 0 Å². The summed E-state index contributed by atoms with van der Waals surface area (Å²) in [6.45, 7) is 10.2. The molecular formula is C21H30N2O. The fraction of sp³-hybridized carbons (Fsp3) is 0.571. The Morgan fingerprint density at radius 3 is 2.46 bits per heavy atom. The van der Waals surface area contributed by atoms with Gasteiger partial charge in [0.1, 0.15) is 0 Å². The third-order valence-corrected chi connectivity index (χ3v) is 5.98. The Labute approximate surface area is 145 Å². The summed E-state index contributed by atoms with van der Waals surface area (Å²) >= 11 is 0. The van der Waals surface area contributed by atoms with E-state index < -0.39 is 0 Å². The van der Waals surface area contributed by atoms with Crippen molar-refractivity contribution in [2.45, 2.75) is 53.0 Å². The van der Waals surface area contributed by atoms with Crippen LogP contribution in [-0.4, -0.2) is 29.9 Å². The molecule has 0 aromatic heterocycles. The van der Waals surface area contributed by atoms with Crippen LogP contribution in [0.25, 0.3) is 5.57 Å². The van der Waals surface area contributed by atoms with E-state index in [1.54, 1.807) is 0 Å². The molecule has 3 nitrogen and oxygen atoms in total. The molecule has 3 heteroatoms. The van der Waals surface area contributed by atoms with Crippen molar-refractivity contribution in [3.8, 4) is 0 Å². The molecule has 24 heavy (non-hydrogen) atoms. The molecule has 2 unspecified atom stereocenters. The number of rotatable bonds is 2. The van der Waals surface area contributed by atoms with Crippen LogP contribution in [0.2, 0.25) is 0 Å². The quantitative estimate of drug-likeness (QED) is 0.897. The lowest BCUT2D eigenvalue weighted by Crippen LogP contribution is -2.56. The van der Waals surface area contributed by atoms with Crippen LogP contribution in [0, 0.1) is 10.8 Å². The molecule has 0 saturated carbocycles. The zero-order chi connectivity index (χ0) is 17.5. The normalized spacial score (nSPS) is 29.9. The van der Waals surface area contributed by atoms with Crippen molar-refractivity contribution < 1.29 is 4.79 Å². The molecule has 3 rings (SSSR count). The zero-order valence-corrected chi connectivity index (χ0v) is 15.4. The Morgan fingerprint density at radius 1 is 1.17 bits per heavy atom. The Bertz CT molecular complexity index is 662. The van der Waals surface area contributed by atoms with E-state index in [2.05, 4.69) is 56.9 Å². The van der Waals surface area contributed by atoms with Gasteiger partial charge in [0.25, 0.3) is 0 Å². The van der Waals surface area contributed by atoms with Gasteiger partial charge in [-0.3, -0.25) is 4.79 Å². The maximum Gasteiger partial charge on any atom is 0.229 e. The molecule has 1 aromatic rings. The lowest BCUT2D eigenvalue weighted by molar-refractivity contribution is -0.144. The van der Waals surface area contributed by atoms with Gasteiger partial charge in [0.05, 0.1) is 5.41 Å². The van der Waals surface area contributed by atoms with E-state index in [4.69, 9.17) is 5.73 Å². The van der Waals surface area contributed by atoms with Crippen LogP contribution < -0.4 is 5.73 Å². The molecule has 0 bridgehead atoms. The van der Waals surface area contributed by atoms with Crippen molar-refractivity contribution in [2.24, 2.45) is 16.6 Å². The molecule has 130 valence electrons. The summed E-state index contributed by atoms with van der Waals surface area (Å²) in [7, 11) is 0. The van der Waals surface area contributed by atoms with Crippen LogP contribution in [0.5, 0.6) is 0 Å². The van der Waals surface area contributed by atoms with Crippen molar-refractivity contribution >= 4 is 11.5 Å². The number of benzene rings is 1. The lowest BCUT2D eigenvalue weighted by Gasteiger charge is -2.45. The van der Waals surface area contributed by atoms with Gasteiger partial charge in [-0.2, -0.15) is 0 Å². The number of nitrogens with two attached hydrogens (primary N) is 1. The van der Waals surface area contributed by atoms with Crippen LogP contribution in [0.15, 0.2) is 35.9 Å². The molecular weight excluding hydrogens is 296 g/mol. The summed E-state index contributed by atoms with van der Waals surface area (Å²) < 4.78 is 0. The number of piperidine rings is 1. The van der Waals surface area contributed by atoms with Gasteiger partial charge < -0.3 is 10.6 Å². The molecule has 1 aromatic carbocycles. The number of hydrogen-bond acceptors (Lipinski definition) is 2. The third kappa shape index (κ3) is 3.02. The van der Waals surface area contributed by atoms with Crippen molar-refractivity contribution in [3.05, 3.63) is 41.5 Å². The molecule has 1 heterocycles. The second kappa shape index (κ2) is 6.03. The first-order chi connectivity index (χ1) is 11.2. The van der Waals surface area contributed by atoms with Gasteiger partial charge in [0.15, 0.2) is 0 Å². The van der Waals surface area contributed by atoms with E-state index in [-0.39, 0.29) is 16.9 Å². The molecule has 2 aliphatic rings. The molecule has 0 spiro atoms. The molecule has 0 radical (unpaired) electrons. The highest BCUT2D eigenvalue weighted by atomic mass is 16.2. The Balaban J connectivity index is 1.77. The molecule has 1 saturated heterocycles. The van der Waals surface area contributed by atoms with Gasteiger partial charge in [-0.1, -0.05) is 56.7 Å². The smallest absolute Gasteiger partial charge is 0.229 e. The van der Waals surface area contributed by atoms with Crippen LogP contribution >= 0.6 is 0 Å². The van der Waals surface area contributed by atoms with Gasteiger partial charge in [-0.15, -0.1) is 0 Å². The highest BCUT2D eigenvalue weighted by molar-refractivity contribution is 5.88. The van der Waals surface area contributed by atoms with Crippen molar-refractivity contribution in [1.82, 2.24) is 4.90 Å². The average Bonchev–Trinajstić information content (AvgIpc) is 2.86. The highest BCUT2D eigenvalue weighted by Crippen LogP contribution is 2.47. The number of hydrogen-bond donors (Lipinski definition) is 1. The first-order valence-corrected chi connectivity index (χ1v) is 9.02. The first kappa shape index (κ1) is 17.2. The van der Waals surface area contributed by atoms with Gasteiger partial charge in [-0.25, -0.2) is 0 Å². The van der Waals surface area contributed by atoms with Crippen molar-refractivity contribution in [2.75, 3.05) is 13.1 Å². The van der Waals surface area contributed by atoms with Gasteiger partial charge in [0.2, 0.25) is 5.91 Å². The SMILES string of the molecule is CC1=C(c2ccccc2)CC(C)(C(=O)N2CCC(N)C(C)(C)C2)C1. The maximum atomic E-state index is 13.3. The maximum absolute atomic E-state index is 13.3. The number of allylic oxidation sites excluding steroid dienone is 2. The highest BCUT2D eigenvalue weighted by Gasteiger charge is 2.45. The minimum atomic E-state index is -0.313. The minimum absolute atomic E-state index is 0.00634. The Hall–Kier alpha value is -1.61. The van der Waals surface area contributed by atoms with Gasteiger partial charge >= 0.3 is 0 Å². The monoisotopic (exact) mass is 326 g/mol. The molecule has 2 N–H and O–H groups in total. The molecule has 1 fully saturated rings. The second-order valence-electron chi connectivity index (χ2n) is 8.65. The predicted octanol–water partition coefficient (Wildman–Crippen LogP) is 3.85. The summed E-state index contributed by atoms with van der Waals surface area (Å²) in [5.74, 6) is 0.299. The predicted molar refractivity (Wildman–Crippen MR) is 99.3 cm³/mol. The number of carbonyl (C=O) groups excluding carboxylic acids is 1. The molecule has 1 amide bonds. The van der Waals surface area contributed by atoms with E-state index in [9.17, 15) is 4.79 Å². The van der Waals surface area contributed by atoms with Crippen LogP contribution in [-0.2, 0) is 4.79 Å². The minimum Gasteiger partial charge on any atom is -0.342 e. The van der Waals surface area contributed by atoms with E-state index in [0.717, 1.165) is 32.4 Å². The molecule has 1 aliphatic heterocycles. The summed E-state index contributed by atoms with van der Waals surface area (Å²) in [4.78, 5) is 15.4. The van der Waals surface area contributed by atoms with E-state index >= 15 is 0 Å². The first-order valence-electron chi connectivity index (χ1n) is 9.02. The standard InChI is InChI=1S/C21H30N2O/c1-15-12-21(4,13-17(15)16-8-6-5-7-9-16)19(24)23-11-10-18(22)20(2,3)14-23/h5-9,18H,10-14,22H2,1-4H3. The molecule has 2 atom stereocenters. The number of likely N-dealkylation sites (tertiary alicyclic amines) is 1. The summed E-state index contributed by atoms with van der Waals surface area (Å²) in [6.07, 6.45) is 2.59. The Kier molecular flexibility index (Phi) is 4.33. The van der Waals surface area contributed by atoms with Crippen LogP contribution in [0.3, 0.4) is 0 Å². The van der Waals surface area contributed by atoms with Crippen LogP contribution in [0.1, 0.15) is 52.5 Å². The fourth-order valence-electron chi connectivity index (χ4n) is 4.36. The Morgan fingerprint density at radius 2 is 1.83 bits per heavy atom. The summed E-state index contributed by atoms with van der Waals surface area (Å²) in [5, 5.41) is 0. The number of amides is 1. The number of nitrogens with zero attached hydrogens (tertiary/aromatic N) is 1. The third-order valence-electron chi connectivity index (χ3n) is 5.98. The van der Waals surface area contributed by atoms with E-state index in [1.807, 2.05) is 6.07 Å². The number of carbonyl (C=O) groups is 1. The zero-order valence-electron chi connectivity index (χ0n) is 15.4. The second-order valence-corrected chi connectivity index (χ2v) is 8.65. The lowest BCUT2D eigenvalue weighted by atomic mass is 9.77. The molecule has 1 aliphatic carbocycles. The van der Waals surface area contributed by atoms with Crippen LogP contribution in [0.4, 0.5) is 0 Å². The largest absolute Gasteiger partial charge is 0.342 e. The summed E-state index contributed by atoms with van der Waals surface area (Å²) in [6, 6.07) is 10.7. The van der Waals surface area contributed by atoms with E-state index in [0.29, 0.717) is 5.91 Å². The van der Waals surface area contributed by atoms with Crippen molar-refractivity contribution in [3.63, 3.8) is 0 Å². The van der Waals surface area contributed by atoms with E-state index in [1.165, 1.54) is 16.7 Å².